The van der Waals surface area contributed by atoms with Gasteiger partial charge in [-0.25, -0.2) is 18.3 Å². The number of carboxylic acids is 1. The summed E-state index contributed by atoms with van der Waals surface area (Å²) >= 11 is 0. The van der Waals surface area contributed by atoms with Gasteiger partial charge in [0.25, 0.3) is 5.91 Å². The predicted molar refractivity (Wildman–Crippen MR) is 85.1 cm³/mol. The van der Waals surface area contributed by atoms with Crippen molar-refractivity contribution in [3.8, 4) is 5.69 Å². The minimum atomic E-state index is -1.63. The zero-order valence-corrected chi connectivity index (χ0v) is 13.6. The van der Waals surface area contributed by atoms with Crippen LogP contribution in [0.2, 0.25) is 0 Å². The fourth-order valence-corrected chi connectivity index (χ4v) is 3.09. The van der Waals surface area contributed by atoms with Crippen molar-refractivity contribution in [2.24, 2.45) is 0 Å². The van der Waals surface area contributed by atoms with E-state index in [0.717, 1.165) is 12.1 Å². The number of fused-ring (bicyclic) bond motifs is 1. The summed E-state index contributed by atoms with van der Waals surface area (Å²) in [6.45, 7) is 0.515. The standard InChI is InChI=1S/C17H17F2N3O3/c1-9-4-2-6-11(19)15(9)22-13-7-3-5-10(13)14(21-22)16(23)20-12(8-18)17(24)25/h2,4,6,12H,3,5,7-8H2,1H3,(H,20,23)(H,24,25). The Morgan fingerprint density at radius 3 is 2.80 bits per heavy atom. The number of aliphatic carboxylic acids is 1. The van der Waals surface area contributed by atoms with Gasteiger partial charge < -0.3 is 10.4 Å². The number of hydrogen-bond acceptors (Lipinski definition) is 3. The first-order valence-corrected chi connectivity index (χ1v) is 7.90. The van der Waals surface area contributed by atoms with E-state index in [0.29, 0.717) is 24.0 Å². The van der Waals surface area contributed by atoms with Crippen LogP contribution in [0, 0.1) is 12.7 Å². The molecule has 1 amide bonds. The third kappa shape index (κ3) is 2.99. The summed E-state index contributed by atoms with van der Waals surface area (Å²) in [5, 5.41) is 15.2. The van der Waals surface area contributed by atoms with Crippen LogP contribution >= 0.6 is 0 Å². The lowest BCUT2D eigenvalue weighted by Crippen LogP contribution is -2.42. The summed E-state index contributed by atoms with van der Waals surface area (Å²) < 4.78 is 28.5. The molecule has 0 saturated heterocycles. The quantitative estimate of drug-likeness (QED) is 0.864. The molecule has 0 spiro atoms. The molecule has 1 heterocycles. The second-order valence-electron chi connectivity index (χ2n) is 5.96. The van der Waals surface area contributed by atoms with E-state index in [2.05, 4.69) is 10.4 Å². The highest BCUT2D eigenvalue weighted by Gasteiger charge is 2.30. The summed E-state index contributed by atoms with van der Waals surface area (Å²) in [5.41, 5.74) is 2.33. The highest BCUT2D eigenvalue weighted by Crippen LogP contribution is 2.30. The van der Waals surface area contributed by atoms with Crippen molar-refractivity contribution in [2.75, 3.05) is 6.67 Å². The Bertz CT molecular complexity index is 828. The number of nitrogens with zero attached hydrogens (tertiary/aromatic N) is 2. The number of nitrogens with one attached hydrogen (secondary N) is 1. The number of aromatic nitrogens is 2. The fourth-order valence-electron chi connectivity index (χ4n) is 3.09. The summed E-state index contributed by atoms with van der Waals surface area (Å²) in [4.78, 5) is 23.3. The number of alkyl halides is 1. The highest BCUT2D eigenvalue weighted by molar-refractivity contribution is 5.96. The van der Waals surface area contributed by atoms with E-state index in [1.807, 2.05) is 0 Å². The molecular formula is C17H17F2N3O3. The van der Waals surface area contributed by atoms with Crippen molar-refractivity contribution in [1.29, 1.82) is 0 Å². The molecule has 0 bridgehead atoms. The number of benzene rings is 1. The van der Waals surface area contributed by atoms with E-state index in [1.165, 1.54) is 10.7 Å². The molecular weight excluding hydrogens is 332 g/mol. The van der Waals surface area contributed by atoms with Crippen LogP contribution in [-0.4, -0.2) is 39.5 Å². The molecule has 2 N–H and O–H groups in total. The number of rotatable bonds is 5. The van der Waals surface area contributed by atoms with Crippen molar-refractivity contribution in [1.82, 2.24) is 15.1 Å². The number of carboxylic acid groups (broad SMARTS) is 1. The van der Waals surface area contributed by atoms with Gasteiger partial charge in [-0.15, -0.1) is 0 Å². The minimum absolute atomic E-state index is 0.0230. The Morgan fingerprint density at radius 1 is 1.40 bits per heavy atom. The van der Waals surface area contributed by atoms with Crippen LogP contribution in [0.1, 0.15) is 33.7 Å². The average Bonchev–Trinajstić information content (AvgIpc) is 3.15. The molecule has 0 fully saturated rings. The SMILES string of the molecule is Cc1cccc(F)c1-n1nc(C(=O)NC(CF)C(=O)O)c2c1CCC2. The zero-order valence-electron chi connectivity index (χ0n) is 13.6. The number of hydrogen-bond donors (Lipinski definition) is 2. The van der Waals surface area contributed by atoms with Gasteiger partial charge in [0.1, 0.15) is 18.2 Å². The molecule has 6 nitrogen and oxygen atoms in total. The molecule has 1 unspecified atom stereocenters. The average molecular weight is 349 g/mol. The molecule has 0 saturated carbocycles. The number of halogens is 2. The van der Waals surface area contributed by atoms with Crippen molar-refractivity contribution >= 4 is 11.9 Å². The number of para-hydroxylation sites is 1. The Labute approximate surface area is 142 Å². The van der Waals surface area contributed by atoms with Gasteiger partial charge in [0.2, 0.25) is 0 Å². The van der Waals surface area contributed by atoms with Crippen molar-refractivity contribution in [2.45, 2.75) is 32.2 Å². The Morgan fingerprint density at radius 2 is 2.16 bits per heavy atom. The summed E-state index contributed by atoms with van der Waals surface area (Å²) in [6, 6.07) is 3.01. The molecule has 132 valence electrons. The van der Waals surface area contributed by atoms with E-state index >= 15 is 0 Å². The molecule has 1 aliphatic rings. The summed E-state index contributed by atoms with van der Waals surface area (Å²) in [5.74, 6) is -2.69. The molecule has 1 atom stereocenters. The van der Waals surface area contributed by atoms with Gasteiger partial charge in [-0.05, 0) is 37.8 Å². The second-order valence-corrected chi connectivity index (χ2v) is 5.96. The van der Waals surface area contributed by atoms with E-state index < -0.39 is 30.4 Å². The number of aryl methyl sites for hydroxylation is 1. The normalized spacial score (nSPS) is 14.2. The van der Waals surface area contributed by atoms with Crippen LogP contribution in [0.15, 0.2) is 18.2 Å². The second kappa shape index (κ2) is 6.62. The van der Waals surface area contributed by atoms with Crippen molar-refractivity contribution < 1.29 is 23.5 Å². The van der Waals surface area contributed by atoms with Gasteiger partial charge in [0, 0.05) is 11.3 Å². The first kappa shape index (κ1) is 17.1. The Balaban J connectivity index is 2.04. The molecule has 3 rings (SSSR count). The predicted octanol–water partition coefficient (Wildman–Crippen LogP) is 1.96. The molecule has 1 aromatic heterocycles. The maximum atomic E-state index is 14.3. The minimum Gasteiger partial charge on any atom is -0.480 e. The maximum absolute atomic E-state index is 14.3. The Hall–Kier alpha value is -2.77. The van der Waals surface area contributed by atoms with Gasteiger partial charge in [-0.1, -0.05) is 12.1 Å². The van der Waals surface area contributed by atoms with Crippen LogP contribution in [0.25, 0.3) is 5.69 Å². The summed E-state index contributed by atoms with van der Waals surface area (Å²) in [6.07, 6.45) is 2.00. The van der Waals surface area contributed by atoms with E-state index in [9.17, 15) is 18.4 Å². The van der Waals surface area contributed by atoms with E-state index in [-0.39, 0.29) is 11.4 Å². The highest BCUT2D eigenvalue weighted by atomic mass is 19.1. The van der Waals surface area contributed by atoms with Gasteiger partial charge in [0.05, 0.1) is 0 Å². The van der Waals surface area contributed by atoms with Crippen LogP contribution in [0.5, 0.6) is 0 Å². The van der Waals surface area contributed by atoms with Crippen LogP contribution in [-0.2, 0) is 17.6 Å². The molecule has 1 aliphatic carbocycles. The smallest absolute Gasteiger partial charge is 0.328 e. The fraction of sp³-hybridized carbons (Fsp3) is 0.353. The number of carbonyl (C=O) groups is 2. The monoisotopic (exact) mass is 349 g/mol. The molecule has 1 aromatic carbocycles. The number of carbonyl (C=O) groups excluding carboxylic acids is 1. The third-order valence-electron chi connectivity index (χ3n) is 4.30. The first-order chi connectivity index (χ1) is 11.9. The lowest BCUT2D eigenvalue weighted by molar-refractivity contribution is -0.139. The number of amides is 1. The maximum Gasteiger partial charge on any atom is 0.328 e. The molecule has 2 aromatic rings. The summed E-state index contributed by atoms with van der Waals surface area (Å²) in [7, 11) is 0. The van der Waals surface area contributed by atoms with E-state index in [1.54, 1.807) is 19.1 Å². The largest absolute Gasteiger partial charge is 0.480 e. The van der Waals surface area contributed by atoms with Gasteiger partial charge >= 0.3 is 5.97 Å². The van der Waals surface area contributed by atoms with Crippen LogP contribution in [0.3, 0.4) is 0 Å². The first-order valence-electron chi connectivity index (χ1n) is 7.90. The molecule has 0 aliphatic heterocycles. The van der Waals surface area contributed by atoms with Gasteiger partial charge in [-0.3, -0.25) is 4.79 Å². The topological polar surface area (TPSA) is 84.2 Å². The van der Waals surface area contributed by atoms with Gasteiger partial charge in [-0.2, -0.15) is 5.10 Å². The van der Waals surface area contributed by atoms with Crippen LogP contribution in [0.4, 0.5) is 8.78 Å². The third-order valence-corrected chi connectivity index (χ3v) is 4.30. The van der Waals surface area contributed by atoms with E-state index in [4.69, 9.17) is 5.11 Å². The van der Waals surface area contributed by atoms with Crippen molar-refractivity contribution in [3.05, 3.63) is 46.5 Å². The lowest BCUT2D eigenvalue weighted by atomic mass is 10.1. The molecule has 0 radical (unpaired) electrons. The zero-order chi connectivity index (χ0) is 18.1. The van der Waals surface area contributed by atoms with Crippen molar-refractivity contribution in [3.63, 3.8) is 0 Å². The van der Waals surface area contributed by atoms with Crippen LogP contribution < -0.4 is 5.32 Å². The molecule has 8 heteroatoms. The molecule has 25 heavy (non-hydrogen) atoms. The lowest BCUT2D eigenvalue weighted by Gasteiger charge is -2.11. The Kier molecular flexibility index (Phi) is 4.52. The van der Waals surface area contributed by atoms with Gasteiger partial charge in [0.15, 0.2) is 11.7 Å².